The van der Waals surface area contributed by atoms with Gasteiger partial charge < -0.3 is 14.8 Å². The van der Waals surface area contributed by atoms with Crippen LogP contribution in [0.5, 0.6) is 11.5 Å². The molecule has 1 unspecified atom stereocenters. The van der Waals surface area contributed by atoms with E-state index < -0.39 is 15.7 Å². The van der Waals surface area contributed by atoms with Crippen LogP contribution in [0, 0.1) is 6.92 Å². The predicted octanol–water partition coefficient (Wildman–Crippen LogP) is 4.80. The number of nitrogens with one attached hydrogen (secondary N) is 2. The van der Waals surface area contributed by atoms with Crippen LogP contribution in [-0.2, 0) is 25.8 Å². The molecule has 2 N–H and O–H groups in total. The van der Waals surface area contributed by atoms with Crippen LogP contribution in [0.15, 0.2) is 71.1 Å². The predicted molar refractivity (Wildman–Crippen MR) is 160 cm³/mol. The highest BCUT2D eigenvalue weighted by atomic mass is 32.2. The minimum Gasteiger partial charge on any atom is -0.457 e. The van der Waals surface area contributed by atoms with E-state index in [4.69, 9.17) is 9.47 Å². The molecule has 1 saturated heterocycles. The number of nitrogens with zero attached hydrogens (tertiary/aromatic N) is 2. The molecule has 4 aromatic rings. The number of hydrogen-bond acceptors (Lipinski definition) is 9. The monoisotopic (exact) mass is 606 g/mol. The molecule has 1 aliphatic rings. The van der Waals surface area contributed by atoms with E-state index in [-0.39, 0.29) is 23.3 Å². The Morgan fingerprint density at radius 3 is 2.64 bits per heavy atom. The maximum atomic E-state index is 13.3. The third-order valence-corrected chi connectivity index (χ3v) is 8.54. The molecule has 1 aliphatic heterocycles. The van der Waals surface area contributed by atoms with Crippen molar-refractivity contribution in [2.45, 2.75) is 37.2 Å². The van der Waals surface area contributed by atoms with Crippen LogP contribution in [-0.4, -0.2) is 55.7 Å². The summed E-state index contributed by atoms with van der Waals surface area (Å²) in [6.45, 7) is 3.13. The number of carbonyl (C=O) groups is 2. The van der Waals surface area contributed by atoms with E-state index in [1.807, 2.05) is 19.1 Å². The van der Waals surface area contributed by atoms with Crippen LogP contribution in [0.1, 0.15) is 34.5 Å². The summed E-state index contributed by atoms with van der Waals surface area (Å²) >= 11 is 1.23. The van der Waals surface area contributed by atoms with Crippen molar-refractivity contribution in [3.8, 4) is 22.8 Å². The van der Waals surface area contributed by atoms with E-state index in [2.05, 4.69) is 20.6 Å². The lowest BCUT2D eigenvalue weighted by atomic mass is 10.0. The molecule has 2 aromatic heterocycles. The average Bonchev–Trinajstić information content (AvgIpc) is 3.64. The number of amides is 2. The van der Waals surface area contributed by atoms with Crippen LogP contribution in [0.25, 0.3) is 11.3 Å². The number of ether oxygens (including phenoxy) is 2. The van der Waals surface area contributed by atoms with E-state index in [0.29, 0.717) is 45.7 Å². The van der Waals surface area contributed by atoms with Crippen molar-refractivity contribution in [3.05, 3.63) is 83.0 Å². The summed E-state index contributed by atoms with van der Waals surface area (Å²) in [6, 6.07) is 14.9. The molecule has 10 nitrogen and oxygen atoms in total. The van der Waals surface area contributed by atoms with Crippen molar-refractivity contribution in [2.24, 2.45) is 0 Å². The van der Waals surface area contributed by atoms with Gasteiger partial charge in [0.15, 0.2) is 15.0 Å². The molecule has 12 heteroatoms. The topological polar surface area (TPSA) is 137 Å². The van der Waals surface area contributed by atoms with Crippen LogP contribution < -0.4 is 15.4 Å². The van der Waals surface area contributed by atoms with E-state index in [1.165, 1.54) is 23.5 Å². The van der Waals surface area contributed by atoms with Gasteiger partial charge in [0, 0.05) is 42.1 Å². The smallest absolute Gasteiger partial charge is 0.257 e. The van der Waals surface area contributed by atoms with Gasteiger partial charge in [0.25, 0.3) is 5.91 Å². The van der Waals surface area contributed by atoms with Gasteiger partial charge in [-0.25, -0.2) is 13.4 Å². The zero-order valence-electron chi connectivity index (χ0n) is 23.1. The van der Waals surface area contributed by atoms with Crippen molar-refractivity contribution >= 4 is 38.1 Å². The van der Waals surface area contributed by atoms with Gasteiger partial charge in [0.1, 0.15) is 11.5 Å². The van der Waals surface area contributed by atoms with Crippen molar-refractivity contribution < 1.29 is 27.5 Å². The first-order valence-electron chi connectivity index (χ1n) is 13.3. The third kappa shape index (κ3) is 7.58. The van der Waals surface area contributed by atoms with Crippen LogP contribution >= 0.6 is 11.3 Å². The summed E-state index contributed by atoms with van der Waals surface area (Å²) in [4.78, 5) is 34.7. The number of pyridine rings is 1. The average molecular weight is 607 g/mol. The molecular formula is C30H30N4O6S2. The first-order chi connectivity index (χ1) is 20.1. The van der Waals surface area contributed by atoms with E-state index >= 15 is 0 Å². The van der Waals surface area contributed by atoms with Crippen molar-refractivity contribution in [2.75, 3.05) is 24.7 Å². The number of thiazole rings is 1. The van der Waals surface area contributed by atoms with Gasteiger partial charge in [0.05, 0.1) is 28.8 Å². The molecule has 0 spiro atoms. The van der Waals surface area contributed by atoms with E-state index in [1.54, 1.807) is 41.9 Å². The van der Waals surface area contributed by atoms with Crippen molar-refractivity contribution in [1.82, 2.24) is 15.3 Å². The largest absolute Gasteiger partial charge is 0.457 e. The fourth-order valence-electron chi connectivity index (χ4n) is 4.48. The number of carbonyl (C=O) groups excluding carboxylic acids is 2. The van der Waals surface area contributed by atoms with Crippen molar-refractivity contribution in [1.29, 1.82) is 0 Å². The molecule has 0 saturated carbocycles. The van der Waals surface area contributed by atoms with Gasteiger partial charge in [0.2, 0.25) is 5.91 Å². The highest BCUT2D eigenvalue weighted by molar-refractivity contribution is 7.90. The van der Waals surface area contributed by atoms with Gasteiger partial charge in [-0.15, -0.1) is 11.3 Å². The number of rotatable bonds is 10. The fourth-order valence-corrected chi connectivity index (χ4v) is 5.82. The first-order valence-corrected chi connectivity index (χ1v) is 16.1. The zero-order chi connectivity index (χ0) is 29.7. The van der Waals surface area contributed by atoms with Gasteiger partial charge >= 0.3 is 0 Å². The maximum absolute atomic E-state index is 13.3. The van der Waals surface area contributed by atoms with Gasteiger partial charge in [-0.2, -0.15) is 0 Å². The molecule has 0 aliphatic carbocycles. The molecule has 218 valence electrons. The molecular weight excluding hydrogens is 576 g/mol. The fraction of sp³-hybridized carbons (Fsp3) is 0.267. The molecule has 1 fully saturated rings. The lowest BCUT2D eigenvalue weighted by Crippen LogP contribution is -2.32. The summed E-state index contributed by atoms with van der Waals surface area (Å²) in [7, 11) is -3.35. The minimum atomic E-state index is -3.35. The maximum Gasteiger partial charge on any atom is 0.257 e. The molecule has 2 aromatic carbocycles. The SMILES string of the molecule is Cc1cccnc1-c1cc(Oc2ccc(S(C)(=O)=O)cc2)cc(C(=O)Nc2nc(CC(=O)NCC3CCCO3)cs2)c1. The number of aryl methyl sites for hydroxylation is 1. The second-order valence-electron chi connectivity index (χ2n) is 9.97. The van der Waals surface area contributed by atoms with Crippen LogP contribution in [0.4, 0.5) is 5.13 Å². The molecule has 3 heterocycles. The number of anilines is 1. The van der Waals surface area contributed by atoms with Crippen LogP contribution in [0.2, 0.25) is 0 Å². The number of benzene rings is 2. The Kier molecular flexibility index (Phi) is 8.95. The Hall–Kier alpha value is -4.13. The number of sulfone groups is 1. The van der Waals surface area contributed by atoms with Gasteiger partial charge in [-0.3, -0.25) is 19.9 Å². The standard InChI is InChI=1S/C30H30N4O6S2/c1-19-5-3-11-31-28(19)20-13-21(15-25(14-20)40-23-7-9-26(10-8-23)42(2,37)38)29(36)34-30-33-22(18-41-30)16-27(35)32-17-24-6-4-12-39-24/h3,5,7-11,13-15,18,24H,4,6,12,16-17H2,1-2H3,(H,32,35)(H,33,34,36). The lowest BCUT2D eigenvalue weighted by Gasteiger charge is -2.12. The quantitative estimate of drug-likeness (QED) is 0.263. The Morgan fingerprint density at radius 1 is 1.12 bits per heavy atom. The molecule has 0 bridgehead atoms. The van der Waals surface area contributed by atoms with E-state index in [0.717, 1.165) is 31.3 Å². The third-order valence-electron chi connectivity index (χ3n) is 6.60. The summed E-state index contributed by atoms with van der Waals surface area (Å²) < 4.78 is 35.2. The van der Waals surface area contributed by atoms with Crippen molar-refractivity contribution in [3.63, 3.8) is 0 Å². The minimum absolute atomic E-state index is 0.0607. The summed E-state index contributed by atoms with van der Waals surface area (Å²) in [6.07, 6.45) is 4.92. The van der Waals surface area contributed by atoms with Crippen LogP contribution in [0.3, 0.4) is 0 Å². The summed E-state index contributed by atoms with van der Waals surface area (Å²) in [5.41, 5.74) is 3.15. The molecule has 2 amide bonds. The second kappa shape index (κ2) is 12.8. The van der Waals surface area contributed by atoms with Gasteiger partial charge in [-0.05, 0) is 73.9 Å². The normalized spacial score (nSPS) is 14.9. The Balaban J connectivity index is 1.33. The Bertz CT molecular complexity index is 1700. The Labute approximate surface area is 248 Å². The molecule has 0 radical (unpaired) electrons. The molecule has 1 atom stereocenters. The molecule has 42 heavy (non-hydrogen) atoms. The number of hydrogen-bond donors (Lipinski definition) is 2. The summed E-state index contributed by atoms with van der Waals surface area (Å²) in [5, 5.41) is 7.79. The second-order valence-corrected chi connectivity index (χ2v) is 12.8. The van der Waals surface area contributed by atoms with Gasteiger partial charge in [-0.1, -0.05) is 6.07 Å². The lowest BCUT2D eigenvalue weighted by molar-refractivity contribution is -0.121. The highest BCUT2D eigenvalue weighted by Gasteiger charge is 2.18. The van der Waals surface area contributed by atoms with E-state index in [9.17, 15) is 18.0 Å². The highest BCUT2D eigenvalue weighted by Crippen LogP contribution is 2.31. The number of aromatic nitrogens is 2. The first kappa shape index (κ1) is 29.4. The zero-order valence-corrected chi connectivity index (χ0v) is 24.8. The molecule has 5 rings (SSSR count). The Morgan fingerprint density at radius 2 is 1.93 bits per heavy atom. The summed E-state index contributed by atoms with van der Waals surface area (Å²) in [5.74, 6) is 0.216.